The molecule has 0 heterocycles. The zero-order valence-electron chi connectivity index (χ0n) is 9.61. The third-order valence-corrected chi connectivity index (χ3v) is 3.28. The third-order valence-electron chi connectivity index (χ3n) is 1.99. The second-order valence-corrected chi connectivity index (χ2v) is 4.53. The molecule has 1 aromatic carbocycles. The smallest absolute Gasteiger partial charge is 0.270 e. The SMILES string of the molecule is CSC(c1ccc([N+](=O)[O-])cc1Cl)=[N+](C)C.[I-]. The van der Waals surface area contributed by atoms with Crippen molar-refractivity contribution in [1.82, 2.24) is 0 Å². The maximum atomic E-state index is 10.6. The van der Waals surface area contributed by atoms with Gasteiger partial charge in [-0.1, -0.05) is 23.4 Å². The van der Waals surface area contributed by atoms with Crippen molar-refractivity contribution in [3.05, 3.63) is 38.9 Å². The normalized spacial score (nSPS) is 9.41. The molecule has 1 aromatic rings. The Bertz CT molecular complexity index is 462. The number of hydrogen-bond acceptors (Lipinski definition) is 3. The van der Waals surface area contributed by atoms with E-state index in [1.54, 1.807) is 17.8 Å². The summed E-state index contributed by atoms with van der Waals surface area (Å²) in [4.78, 5) is 10.1. The van der Waals surface area contributed by atoms with E-state index in [0.717, 1.165) is 10.6 Å². The molecule has 0 radical (unpaired) electrons. The van der Waals surface area contributed by atoms with Gasteiger partial charge in [0, 0.05) is 12.1 Å². The Labute approximate surface area is 126 Å². The Morgan fingerprint density at radius 2 is 2.00 bits per heavy atom. The molecule has 0 atom stereocenters. The molecule has 7 heteroatoms. The molecule has 0 amide bonds. The molecule has 94 valence electrons. The Morgan fingerprint density at radius 3 is 2.35 bits per heavy atom. The highest BCUT2D eigenvalue weighted by molar-refractivity contribution is 8.13. The monoisotopic (exact) mass is 386 g/mol. The topological polar surface area (TPSA) is 46.1 Å². The van der Waals surface area contributed by atoms with Crippen LogP contribution in [0.15, 0.2) is 18.2 Å². The molecule has 0 unspecified atom stereocenters. The van der Waals surface area contributed by atoms with Gasteiger partial charge in [0.05, 0.1) is 15.5 Å². The first-order valence-corrected chi connectivity index (χ1v) is 6.10. The predicted molar refractivity (Wildman–Crippen MR) is 67.8 cm³/mol. The van der Waals surface area contributed by atoms with Crippen LogP contribution in [0.1, 0.15) is 5.56 Å². The lowest BCUT2D eigenvalue weighted by Crippen LogP contribution is -3.00. The quantitative estimate of drug-likeness (QED) is 0.174. The lowest BCUT2D eigenvalue weighted by atomic mass is 10.2. The summed E-state index contributed by atoms with van der Waals surface area (Å²) in [5.41, 5.74) is 0.817. The minimum Gasteiger partial charge on any atom is -1.00 e. The Kier molecular flexibility index (Phi) is 7.03. The fourth-order valence-corrected chi connectivity index (χ4v) is 2.41. The van der Waals surface area contributed by atoms with Crippen LogP contribution in [0, 0.1) is 10.1 Å². The van der Waals surface area contributed by atoms with E-state index in [4.69, 9.17) is 11.6 Å². The summed E-state index contributed by atoms with van der Waals surface area (Å²) >= 11 is 7.57. The molecule has 0 aromatic heterocycles. The van der Waals surface area contributed by atoms with Crippen LogP contribution >= 0.6 is 23.4 Å². The van der Waals surface area contributed by atoms with Crippen LogP contribution in [0.5, 0.6) is 0 Å². The average Bonchev–Trinajstić information content (AvgIpc) is 2.20. The van der Waals surface area contributed by atoms with E-state index in [2.05, 4.69) is 0 Å². The maximum Gasteiger partial charge on any atom is 0.270 e. The van der Waals surface area contributed by atoms with Gasteiger partial charge in [-0.05, 0) is 12.3 Å². The summed E-state index contributed by atoms with van der Waals surface area (Å²) < 4.78 is 1.93. The van der Waals surface area contributed by atoms with Gasteiger partial charge in [0.15, 0.2) is 0 Å². The van der Waals surface area contributed by atoms with E-state index < -0.39 is 4.92 Å². The fraction of sp³-hybridized carbons (Fsp3) is 0.300. The van der Waals surface area contributed by atoms with Crippen LogP contribution in [0.4, 0.5) is 5.69 Å². The number of nitro groups is 1. The standard InChI is InChI=1S/C10H12ClN2O2S.HI/c1-12(2)10(16-3)8-5-4-7(13(14)15)6-9(8)11;/h4-6H,1-3H3;1H/q+1;/p-1. The van der Waals surface area contributed by atoms with E-state index >= 15 is 0 Å². The van der Waals surface area contributed by atoms with E-state index in [9.17, 15) is 10.1 Å². The van der Waals surface area contributed by atoms with E-state index in [0.29, 0.717) is 5.02 Å². The van der Waals surface area contributed by atoms with Crippen molar-refractivity contribution in [3.8, 4) is 0 Å². The van der Waals surface area contributed by atoms with Gasteiger partial charge in [-0.3, -0.25) is 10.1 Å². The number of halogens is 2. The van der Waals surface area contributed by atoms with Crippen molar-refractivity contribution in [2.75, 3.05) is 20.4 Å². The van der Waals surface area contributed by atoms with Gasteiger partial charge < -0.3 is 24.0 Å². The highest BCUT2D eigenvalue weighted by Gasteiger charge is 2.17. The first kappa shape index (κ1) is 16.7. The average molecular weight is 387 g/mol. The highest BCUT2D eigenvalue weighted by Crippen LogP contribution is 2.25. The number of nitro benzene ring substituents is 1. The first-order valence-electron chi connectivity index (χ1n) is 4.50. The molecular formula is C10H12ClIN2O2S. The molecule has 0 N–H and O–H groups in total. The third kappa shape index (κ3) is 4.11. The first-order chi connectivity index (χ1) is 7.47. The molecule has 4 nitrogen and oxygen atoms in total. The minimum absolute atomic E-state index is 0. The van der Waals surface area contributed by atoms with Crippen molar-refractivity contribution in [2.24, 2.45) is 0 Å². The number of thioether (sulfide) groups is 1. The van der Waals surface area contributed by atoms with Crippen molar-refractivity contribution in [1.29, 1.82) is 0 Å². The van der Waals surface area contributed by atoms with Gasteiger partial charge in [0.25, 0.3) is 5.69 Å². The minimum atomic E-state index is -0.454. The second-order valence-electron chi connectivity index (χ2n) is 3.32. The highest BCUT2D eigenvalue weighted by atomic mass is 127. The van der Waals surface area contributed by atoms with Crippen molar-refractivity contribution in [2.45, 2.75) is 0 Å². The van der Waals surface area contributed by atoms with Gasteiger partial charge in [0.2, 0.25) is 5.04 Å². The van der Waals surface area contributed by atoms with Gasteiger partial charge in [-0.25, -0.2) is 4.58 Å². The molecule has 0 bridgehead atoms. The van der Waals surface area contributed by atoms with Crippen LogP contribution in [-0.4, -0.2) is 34.9 Å². The van der Waals surface area contributed by atoms with E-state index in [1.807, 2.05) is 24.9 Å². The maximum absolute atomic E-state index is 10.6. The zero-order chi connectivity index (χ0) is 12.3. The van der Waals surface area contributed by atoms with Gasteiger partial charge in [-0.15, -0.1) is 0 Å². The number of rotatable bonds is 2. The Hall–Kier alpha value is -0.340. The molecule has 0 saturated carbocycles. The molecular weight excluding hydrogens is 375 g/mol. The van der Waals surface area contributed by atoms with Gasteiger partial charge in [-0.2, -0.15) is 0 Å². The molecule has 0 aliphatic heterocycles. The van der Waals surface area contributed by atoms with E-state index in [-0.39, 0.29) is 29.7 Å². The van der Waals surface area contributed by atoms with Crippen LogP contribution in [-0.2, 0) is 0 Å². The zero-order valence-corrected chi connectivity index (χ0v) is 13.3. The summed E-state index contributed by atoms with van der Waals surface area (Å²) in [5.74, 6) is 0. The van der Waals surface area contributed by atoms with Crippen LogP contribution in [0.2, 0.25) is 5.02 Å². The van der Waals surface area contributed by atoms with Crippen molar-refractivity contribution < 1.29 is 33.5 Å². The van der Waals surface area contributed by atoms with Crippen molar-refractivity contribution in [3.63, 3.8) is 0 Å². The second kappa shape index (κ2) is 7.17. The number of hydrogen-bond donors (Lipinski definition) is 0. The molecule has 17 heavy (non-hydrogen) atoms. The molecule has 0 aliphatic rings. The van der Waals surface area contributed by atoms with Gasteiger partial charge in [0.1, 0.15) is 14.1 Å². The summed E-state index contributed by atoms with van der Waals surface area (Å²) in [6.45, 7) is 0. The van der Waals surface area contributed by atoms with Crippen LogP contribution in [0.3, 0.4) is 0 Å². The summed E-state index contributed by atoms with van der Waals surface area (Å²) in [5, 5.41) is 11.9. The lowest BCUT2D eigenvalue weighted by Gasteiger charge is -2.03. The van der Waals surface area contributed by atoms with Crippen LogP contribution in [0.25, 0.3) is 0 Å². The van der Waals surface area contributed by atoms with E-state index in [1.165, 1.54) is 12.1 Å². The summed E-state index contributed by atoms with van der Waals surface area (Å²) in [6.07, 6.45) is 1.94. The molecule has 0 saturated heterocycles. The number of non-ortho nitro benzene ring substituents is 1. The molecule has 0 fully saturated rings. The summed E-state index contributed by atoms with van der Waals surface area (Å²) in [6, 6.07) is 4.50. The summed E-state index contributed by atoms with van der Waals surface area (Å²) in [7, 11) is 3.81. The molecule has 0 spiro atoms. The van der Waals surface area contributed by atoms with Crippen LogP contribution < -0.4 is 24.0 Å². The van der Waals surface area contributed by atoms with Crippen molar-refractivity contribution >= 4 is 34.1 Å². The largest absolute Gasteiger partial charge is 1.00 e. The number of benzene rings is 1. The fourth-order valence-electron chi connectivity index (χ4n) is 1.32. The molecule has 1 rings (SSSR count). The molecule has 0 aliphatic carbocycles. The lowest BCUT2D eigenvalue weighted by molar-refractivity contribution is -0.460. The Balaban J connectivity index is 0.00000256. The predicted octanol–water partition coefficient (Wildman–Crippen LogP) is -0.366. The van der Waals surface area contributed by atoms with Gasteiger partial charge >= 0.3 is 0 Å². The Morgan fingerprint density at radius 1 is 1.41 bits per heavy atom. The number of nitrogens with zero attached hydrogens (tertiary/aromatic N) is 2.